The van der Waals surface area contributed by atoms with Crippen molar-refractivity contribution in [1.29, 1.82) is 0 Å². The van der Waals surface area contributed by atoms with E-state index in [1.54, 1.807) is 18.3 Å². The standard InChI is InChI=1S/C14H21N3O2/c1-19-14(18)11-7-4-8-16-13(11)17-12(9-15)10-5-2-3-6-10/h4,7-8,10,12H,2-3,5-6,9,15H2,1H3,(H,16,17). The summed E-state index contributed by atoms with van der Waals surface area (Å²) in [4.78, 5) is 15.9. The highest BCUT2D eigenvalue weighted by atomic mass is 16.5. The first-order chi connectivity index (χ1) is 9.26. The maximum Gasteiger partial charge on any atom is 0.341 e. The molecule has 1 aliphatic rings. The van der Waals surface area contributed by atoms with E-state index < -0.39 is 0 Å². The smallest absolute Gasteiger partial charge is 0.341 e. The number of ether oxygens (including phenoxy) is 1. The Morgan fingerprint density at radius 1 is 1.58 bits per heavy atom. The average Bonchev–Trinajstić information content (AvgIpc) is 2.98. The molecule has 19 heavy (non-hydrogen) atoms. The van der Waals surface area contributed by atoms with Gasteiger partial charge in [0, 0.05) is 18.8 Å². The molecule has 1 aromatic rings. The Morgan fingerprint density at radius 2 is 2.32 bits per heavy atom. The minimum absolute atomic E-state index is 0.167. The van der Waals surface area contributed by atoms with Gasteiger partial charge >= 0.3 is 5.97 Å². The second-order valence-corrected chi connectivity index (χ2v) is 4.92. The Kier molecular flexibility index (Phi) is 4.74. The van der Waals surface area contributed by atoms with Crippen molar-refractivity contribution in [3.05, 3.63) is 23.9 Å². The number of nitrogens with two attached hydrogens (primary N) is 1. The Morgan fingerprint density at radius 3 is 2.95 bits per heavy atom. The molecule has 0 saturated heterocycles. The van der Waals surface area contributed by atoms with Gasteiger partial charge in [-0.05, 0) is 30.9 Å². The lowest BCUT2D eigenvalue weighted by Gasteiger charge is -2.24. The van der Waals surface area contributed by atoms with Crippen LogP contribution in [0.1, 0.15) is 36.0 Å². The van der Waals surface area contributed by atoms with Gasteiger partial charge in [-0.1, -0.05) is 12.8 Å². The molecule has 1 atom stereocenters. The molecular formula is C14H21N3O2. The van der Waals surface area contributed by atoms with Crippen LogP contribution < -0.4 is 11.1 Å². The Labute approximate surface area is 113 Å². The van der Waals surface area contributed by atoms with Crippen molar-refractivity contribution >= 4 is 11.8 Å². The molecule has 0 aromatic carbocycles. The van der Waals surface area contributed by atoms with Crippen LogP contribution in [0.2, 0.25) is 0 Å². The first-order valence-electron chi connectivity index (χ1n) is 6.76. The summed E-state index contributed by atoms with van der Waals surface area (Å²) in [5.41, 5.74) is 6.31. The second-order valence-electron chi connectivity index (χ2n) is 4.92. The third-order valence-electron chi connectivity index (χ3n) is 3.76. The number of carbonyl (C=O) groups excluding carboxylic acids is 1. The minimum atomic E-state index is -0.377. The van der Waals surface area contributed by atoms with Gasteiger partial charge in [-0.3, -0.25) is 0 Å². The number of pyridine rings is 1. The molecule has 104 valence electrons. The van der Waals surface area contributed by atoms with Gasteiger partial charge < -0.3 is 15.8 Å². The summed E-state index contributed by atoms with van der Waals surface area (Å²) in [7, 11) is 1.37. The summed E-state index contributed by atoms with van der Waals surface area (Å²) in [6.45, 7) is 0.544. The maximum absolute atomic E-state index is 11.7. The van der Waals surface area contributed by atoms with Crippen LogP contribution in [-0.4, -0.2) is 30.6 Å². The van der Waals surface area contributed by atoms with Gasteiger partial charge in [0.2, 0.25) is 0 Å². The summed E-state index contributed by atoms with van der Waals surface area (Å²) < 4.78 is 4.77. The number of aromatic nitrogens is 1. The van der Waals surface area contributed by atoms with Crippen LogP contribution in [0, 0.1) is 5.92 Å². The molecule has 1 fully saturated rings. The molecule has 0 spiro atoms. The molecule has 1 unspecified atom stereocenters. The number of hydrogen-bond donors (Lipinski definition) is 2. The van der Waals surface area contributed by atoms with Crippen LogP contribution >= 0.6 is 0 Å². The fourth-order valence-corrected chi connectivity index (χ4v) is 2.70. The van der Waals surface area contributed by atoms with E-state index in [0.717, 1.165) is 0 Å². The molecule has 0 radical (unpaired) electrons. The van der Waals surface area contributed by atoms with E-state index in [9.17, 15) is 4.79 Å². The highest BCUT2D eigenvalue weighted by Gasteiger charge is 2.25. The van der Waals surface area contributed by atoms with Crippen LogP contribution in [0.4, 0.5) is 5.82 Å². The zero-order valence-electron chi connectivity index (χ0n) is 11.3. The molecule has 0 bridgehead atoms. The molecule has 3 N–H and O–H groups in total. The number of nitrogens with zero attached hydrogens (tertiary/aromatic N) is 1. The molecule has 1 aromatic heterocycles. The van der Waals surface area contributed by atoms with E-state index in [1.165, 1.54) is 32.8 Å². The van der Waals surface area contributed by atoms with Crippen molar-refractivity contribution in [2.45, 2.75) is 31.7 Å². The van der Waals surface area contributed by atoms with Gasteiger partial charge in [0.1, 0.15) is 11.4 Å². The second kappa shape index (κ2) is 6.52. The molecule has 1 heterocycles. The van der Waals surface area contributed by atoms with E-state index >= 15 is 0 Å². The number of methoxy groups -OCH3 is 1. The minimum Gasteiger partial charge on any atom is -0.465 e. The fourth-order valence-electron chi connectivity index (χ4n) is 2.70. The summed E-state index contributed by atoms with van der Waals surface area (Å²) >= 11 is 0. The number of hydrogen-bond acceptors (Lipinski definition) is 5. The third kappa shape index (κ3) is 3.23. The predicted molar refractivity (Wildman–Crippen MR) is 74.0 cm³/mol. The van der Waals surface area contributed by atoms with E-state index in [2.05, 4.69) is 10.3 Å². The molecule has 5 heteroatoms. The molecule has 0 amide bonds. The van der Waals surface area contributed by atoms with Crippen molar-refractivity contribution in [3.8, 4) is 0 Å². The predicted octanol–water partition coefficient (Wildman–Crippen LogP) is 1.80. The van der Waals surface area contributed by atoms with E-state index in [-0.39, 0.29) is 12.0 Å². The topological polar surface area (TPSA) is 77.2 Å². The SMILES string of the molecule is COC(=O)c1cccnc1NC(CN)C1CCCC1. The lowest BCUT2D eigenvalue weighted by molar-refractivity contribution is 0.0601. The molecule has 2 rings (SSSR count). The number of nitrogens with one attached hydrogen (secondary N) is 1. The number of anilines is 1. The average molecular weight is 263 g/mol. The zero-order chi connectivity index (χ0) is 13.7. The van der Waals surface area contributed by atoms with Gasteiger partial charge in [-0.25, -0.2) is 9.78 Å². The van der Waals surface area contributed by atoms with E-state index in [1.807, 2.05) is 0 Å². The highest BCUT2D eigenvalue weighted by molar-refractivity contribution is 5.94. The van der Waals surface area contributed by atoms with E-state index in [0.29, 0.717) is 23.8 Å². The maximum atomic E-state index is 11.7. The van der Waals surface area contributed by atoms with Crippen LogP contribution in [0.3, 0.4) is 0 Å². The number of esters is 1. The Bertz CT molecular complexity index is 430. The lowest BCUT2D eigenvalue weighted by atomic mass is 9.98. The summed E-state index contributed by atoms with van der Waals surface area (Å²) in [5.74, 6) is 0.756. The molecule has 1 aliphatic carbocycles. The largest absolute Gasteiger partial charge is 0.465 e. The summed E-state index contributed by atoms with van der Waals surface area (Å²) in [6.07, 6.45) is 6.56. The van der Waals surface area contributed by atoms with E-state index in [4.69, 9.17) is 10.5 Å². The number of rotatable bonds is 5. The molecule has 5 nitrogen and oxygen atoms in total. The van der Waals surface area contributed by atoms with Crippen LogP contribution in [-0.2, 0) is 4.74 Å². The quantitative estimate of drug-likeness (QED) is 0.792. The monoisotopic (exact) mass is 263 g/mol. The van der Waals surface area contributed by atoms with Crippen molar-refractivity contribution in [3.63, 3.8) is 0 Å². The van der Waals surface area contributed by atoms with Crippen molar-refractivity contribution in [2.24, 2.45) is 11.7 Å². The number of carbonyl (C=O) groups is 1. The van der Waals surface area contributed by atoms with Crippen LogP contribution in [0.25, 0.3) is 0 Å². The Hall–Kier alpha value is -1.62. The van der Waals surface area contributed by atoms with Crippen molar-refractivity contribution in [1.82, 2.24) is 4.98 Å². The zero-order valence-corrected chi connectivity index (χ0v) is 11.3. The van der Waals surface area contributed by atoms with Gasteiger partial charge in [0.15, 0.2) is 0 Å². The fraction of sp³-hybridized carbons (Fsp3) is 0.571. The molecular weight excluding hydrogens is 242 g/mol. The summed E-state index contributed by atoms with van der Waals surface area (Å²) in [6, 6.07) is 3.61. The van der Waals surface area contributed by atoms with Gasteiger partial charge in [0.25, 0.3) is 0 Å². The normalized spacial score (nSPS) is 17.2. The van der Waals surface area contributed by atoms with Crippen LogP contribution in [0.5, 0.6) is 0 Å². The first kappa shape index (κ1) is 13.8. The van der Waals surface area contributed by atoms with Gasteiger partial charge in [-0.15, -0.1) is 0 Å². The van der Waals surface area contributed by atoms with Crippen molar-refractivity contribution in [2.75, 3.05) is 19.0 Å². The van der Waals surface area contributed by atoms with Gasteiger partial charge in [-0.2, -0.15) is 0 Å². The molecule has 1 saturated carbocycles. The third-order valence-corrected chi connectivity index (χ3v) is 3.76. The summed E-state index contributed by atoms with van der Waals surface area (Å²) in [5, 5.41) is 3.32. The van der Waals surface area contributed by atoms with Crippen LogP contribution in [0.15, 0.2) is 18.3 Å². The highest BCUT2D eigenvalue weighted by Crippen LogP contribution is 2.29. The lowest BCUT2D eigenvalue weighted by Crippen LogP contribution is -2.36. The van der Waals surface area contributed by atoms with Crippen molar-refractivity contribution < 1.29 is 9.53 Å². The van der Waals surface area contributed by atoms with Gasteiger partial charge in [0.05, 0.1) is 7.11 Å². The Balaban J connectivity index is 2.14. The first-order valence-corrected chi connectivity index (χ1v) is 6.76. The molecule has 0 aliphatic heterocycles.